The summed E-state index contributed by atoms with van der Waals surface area (Å²) in [5.74, 6) is 1.56. The molecule has 21 heavy (non-hydrogen) atoms. The van der Waals surface area contributed by atoms with Crippen molar-refractivity contribution in [2.24, 2.45) is 10.9 Å². The van der Waals surface area contributed by atoms with E-state index in [1.165, 1.54) is 12.8 Å². The molecular formula is C15H30IN3O2. The number of rotatable bonds is 7. The maximum Gasteiger partial charge on any atom is 0.191 e. The first-order valence-corrected chi connectivity index (χ1v) is 7.89. The summed E-state index contributed by atoms with van der Waals surface area (Å²) >= 11 is 0. The first kappa shape index (κ1) is 19.0. The van der Waals surface area contributed by atoms with E-state index in [1.807, 2.05) is 7.05 Å². The van der Waals surface area contributed by atoms with Crippen LogP contribution in [-0.2, 0) is 9.47 Å². The van der Waals surface area contributed by atoms with Crippen molar-refractivity contribution in [2.75, 3.05) is 26.8 Å². The van der Waals surface area contributed by atoms with Crippen LogP contribution in [0.5, 0.6) is 0 Å². The number of nitrogens with zero attached hydrogens (tertiary/aromatic N) is 1. The lowest BCUT2D eigenvalue weighted by Gasteiger charge is -2.22. The summed E-state index contributed by atoms with van der Waals surface area (Å²) in [6.45, 7) is 6.78. The lowest BCUT2D eigenvalue weighted by atomic mass is 9.96. The second kappa shape index (κ2) is 9.84. The highest BCUT2D eigenvalue weighted by Gasteiger charge is 2.40. The number of hydrogen-bond acceptors (Lipinski definition) is 3. The second-order valence-electron chi connectivity index (χ2n) is 6.15. The number of guanidine groups is 1. The van der Waals surface area contributed by atoms with Crippen molar-refractivity contribution in [3.05, 3.63) is 0 Å². The normalized spacial score (nSPS) is 27.8. The van der Waals surface area contributed by atoms with Crippen molar-refractivity contribution in [2.45, 2.75) is 57.8 Å². The van der Waals surface area contributed by atoms with E-state index < -0.39 is 0 Å². The number of hydrogen-bond donors (Lipinski definition) is 2. The lowest BCUT2D eigenvalue weighted by Crippen LogP contribution is -2.48. The van der Waals surface area contributed by atoms with Crippen molar-refractivity contribution in [1.82, 2.24) is 10.6 Å². The number of aliphatic imine (C=N–C) groups is 1. The zero-order chi connectivity index (χ0) is 14.4. The van der Waals surface area contributed by atoms with Crippen LogP contribution in [0.25, 0.3) is 0 Å². The Kier molecular flexibility index (Phi) is 8.89. The van der Waals surface area contributed by atoms with Gasteiger partial charge in [-0.3, -0.25) is 4.99 Å². The molecular weight excluding hydrogens is 381 g/mol. The topological polar surface area (TPSA) is 54.9 Å². The van der Waals surface area contributed by atoms with Crippen LogP contribution in [0.3, 0.4) is 0 Å². The van der Waals surface area contributed by atoms with E-state index in [4.69, 9.17) is 9.47 Å². The minimum Gasteiger partial charge on any atom is -0.380 e. The van der Waals surface area contributed by atoms with Crippen molar-refractivity contribution in [3.63, 3.8) is 0 Å². The Morgan fingerprint density at radius 2 is 2.14 bits per heavy atom. The van der Waals surface area contributed by atoms with Gasteiger partial charge in [0, 0.05) is 20.2 Å². The third-order valence-corrected chi connectivity index (χ3v) is 4.03. The summed E-state index contributed by atoms with van der Waals surface area (Å²) in [6.07, 6.45) is 5.47. The molecule has 2 fully saturated rings. The molecule has 0 radical (unpaired) electrons. The first-order chi connectivity index (χ1) is 9.69. The maximum atomic E-state index is 5.84. The number of ether oxygens (including phenoxy) is 2. The molecule has 0 aromatic rings. The summed E-state index contributed by atoms with van der Waals surface area (Å²) in [6, 6.07) is 0.418. The van der Waals surface area contributed by atoms with Gasteiger partial charge in [0.2, 0.25) is 0 Å². The average molecular weight is 411 g/mol. The molecule has 6 heteroatoms. The highest BCUT2D eigenvalue weighted by atomic mass is 127. The van der Waals surface area contributed by atoms with Crippen molar-refractivity contribution in [1.29, 1.82) is 0 Å². The van der Waals surface area contributed by atoms with Crippen LogP contribution in [0.1, 0.15) is 39.5 Å². The molecule has 2 heterocycles. The zero-order valence-corrected chi connectivity index (χ0v) is 15.8. The molecule has 0 aromatic heterocycles. The Bertz CT molecular complexity index is 326. The molecule has 2 rings (SSSR count). The molecule has 2 bridgehead atoms. The third-order valence-electron chi connectivity index (χ3n) is 4.03. The molecule has 0 spiro atoms. The molecule has 3 atom stereocenters. The van der Waals surface area contributed by atoms with Crippen LogP contribution in [0.2, 0.25) is 0 Å². The summed E-state index contributed by atoms with van der Waals surface area (Å²) in [4.78, 5) is 4.26. The van der Waals surface area contributed by atoms with Gasteiger partial charge in [-0.25, -0.2) is 0 Å². The summed E-state index contributed by atoms with van der Waals surface area (Å²) in [5, 5.41) is 6.77. The van der Waals surface area contributed by atoms with Crippen LogP contribution in [0, 0.1) is 5.92 Å². The smallest absolute Gasteiger partial charge is 0.191 e. The van der Waals surface area contributed by atoms with Gasteiger partial charge in [-0.15, -0.1) is 24.0 Å². The van der Waals surface area contributed by atoms with Gasteiger partial charge in [0.15, 0.2) is 5.96 Å². The molecule has 2 aliphatic heterocycles. The van der Waals surface area contributed by atoms with Gasteiger partial charge in [-0.1, -0.05) is 13.8 Å². The van der Waals surface area contributed by atoms with Crippen LogP contribution in [0.15, 0.2) is 4.99 Å². The Morgan fingerprint density at radius 3 is 2.71 bits per heavy atom. The van der Waals surface area contributed by atoms with Gasteiger partial charge < -0.3 is 20.1 Å². The third kappa shape index (κ3) is 6.28. The molecule has 0 saturated carbocycles. The molecule has 3 unspecified atom stereocenters. The molecule has 124 valence electrons. The predicted octanol–water partition coefficient (Wildman–Crippen LogP) is 2.15. The Morgan fingerprint density at radius 1 is 1.33 bits per heavy atom. The van der Waals surface area contributed by atoms with E-state index in [0.29, 0.717) is 24.2 Å². The fraction of sp³-hybridized carbons (Fsp3) is 0.933. The van der Waals surface area contributed by atoms with E-state index in [1.54, 1.807) is 0 Å². The molecule has 2 N–H and O–H groups in total. The van der Waals surface area contributed by atoms with Gasteiger partial charge >= 0.3 is 0 Å². The fourth-order valence-electron chi connectivity index (χ4n) is 2.82. The van der Waals surface area contributed by atoms with Crippen LogP contribution >= 0.6 is 24.0 Å². The Labute approximate surface area is 145 Å². The van der Waals surface area contributed by atoms with Gasteiger partial charge in [-0.2, -0.15) is 0 Å². The van der Waals surface area contributed by atoms with Gasteiger partial charge in [0.05, 0.1) is 24.9 Å². The van der Waals surface area contributed by atoms with Crippen molar-refractivity contribution < 1.29 is 9.47 Å². The molecule has 0 amide bonds. The minimum atomic E-state index is 0. The largest absolute Gasteiger partial charge is 0.380 e. The molecule has 0 aliphatic carbocycles. The highest BCUT2D eigenvalue weighted by Crippen LogP contribution is 2.34. The van der Waals surface area contributed by atoms with E-state index in [9.17, 15) is 0 Å². The number of halogens is 1. The van der Waals surface area contributed by atoms with Gasteiger partial charge in [-0.05, 0) is 31.6 Å². The first-order valence-electron chi connectivity index (χ1n) is 7.89. The molecule has 2 aliphatic rings. The predicted molar refractivity (Wildman–Crippen MR) is 96.5 cm³/mol. The van der Waals surface area contributed by atoms with E-state index in [-0.39, 0.29) is 24.0 Å². The number of nitrogens with one attached hydrogen (secondary N) is 2. The minimum absolute atomic E-state index is 0. The molecule has 0 aromatic carbocycles. The van der Waals surface area contributed by atoms with Gasteiger partial charge in [0.25, 0.3) is 0 Å². The van der Waals surface area contributed by atoms with Crippen molar-refractivity contribution >= 4 is 29.9 Å². The van der Waals surface area contributed by atoms with E-state index >= 15 is 0 Å². The standard InChI is InChI=1S/C15H29N3O2.HI/c1-11(2)6-8-19-9-7-17-15(16-3)18-13-10-12-4-5-14(13)20-12;/h11-14H,4-10H2,1-3H3,(H2,16,17,18);1H. The maximum absolute atomic E-state index is 5.84. The second-order valence-corrected chi connectivity index (χ2v) is 6.15. The lowest BCUT2D eigenvalue weighted by molar-refractivity contribution is 0.0991. The molecule has 5 nitrogen and oxygen atoms in total. The monoisotopic (exact) mass is 411 g/mol. The Hall–Kier alpha value is -0.0800. The quantitative estimate of drug-likeness (QED) is 0.292. The van der Waals surface area contributed by atoms with Gasteiger partial charge in [0.1, 0.15) is 0 Å². The highest BCUT2D eigenvalue weighted by molar-refractivity contribution is 14.0. The summed E-state index contributed by atoms with van der Waals surface area (Å²) < 4.78 is 11.4. The SMILES string of the molecule is CN=C(NCCOCCC(C)C)NC1CC2CCC1O2.I. The van der Waals surface area contributed by atoms with Crippen LogP contribution in [-0.4, -0.2) is 51.0 Å². The van der Waals surface area contributed by atoms with Crippen LogP contribution in [0.4, 0.5) is 0 Å². The summed E-state index contributed by atoms with van der Waals surface area (Å²) in [7, 11) is 1.81. The van der Waals surface area contributed by atoms with Crippen molar-refractivity contribution in [3.8, 4) is 0 Å². The van der Waals surface area contributed by atoms with E-state index in [0.717, 1.165) is 38.6 Å². The average Bonchev–Trinajstić information content (AvgIpc) is 3.03. The Balaban J connectivity index is 0.00000220. The summed E-state index contributed by atoms with van der Waals surface area (Å²) in [5.41, 5.74) is 0. The van der Waals surface area contributed by atoms with E-state index in [2.05, 4.69) is 29.5 Å². The number of fused-ring (bicyclic) bond motifs is 2. The molecule has 2 saturated heterocycles. The zero-order valence-electron chi connectivity index (χ0n) is 13.4. The fourth-order valence-corrected chi connectivity index (χ4v) is 2.82. The van der Waals surface area contributed by atoms with Crippen LogP contribution < -0.4 is 10.6 Å².